The maximum absolute atomic E-state index is 10.8. The molecule has 1 heterocycles. The maximum atomic E-state index is 10.8. The van der Waals surface area contributed by atoms with Crippen LogP contribution < -0.4 is 5.56 Å². The minimum absolute atomic E-state index is 0.0914. The van der Waals surface area contributed by atoms with Gasteiger partial charge in [0.2, 0.25) is 0 Å². The number of aromatic amines is 1. The van der Waals surface area contributed by atoms with Gasteiger partial charge in [-0.3, -0.25) is 9.36 Å². The van der Waals surface area contributed by atoms with E-state index in [9.17, 15) is 14.5 Å². The van der Waals surface area contributed by atoms with Crippen molar-refractivity contribution in [3.05, 3.63) is 27.7 Å². The van der Waals surface area contributed by atoms with Crippen molar-refractivity contribution in [2.75, 3.05) is 0 Å². The number of hydrogen-bond acceptors (Lipinski definition) is 3. The van der Waals surface area contributed by atoms with Crippen molar-refractivity contribution in [2.45, 2.75) is 20.3 Å². The zero-order valence-electron chi connectivity index (χ0n) is 8.63. The summed E-state index contributed by atoms with van der Waals surface area (Å²) in [6.45, 7) is 3.71. The van der Waals surface area contributed by atoms with Gasteiger partial charge in [0.05, 0.1) is 0 Å². The average molecular weight is 307 g/mol. The van der Waals surface area contributed by atoms with E-state index >= 15 is 0 Å². The van der Waals surface area contributed by atoms with Gasteiger partial charge in [-0.05, 0) is 47.1 Å². The van der Waals surface area contributed by atoms with Gasteiger partial charge in [0.15, 0.2) is 0 Å². The largest absolute Gasteiger partial charge is 0.507 e. The molecule has 92 valence electrons. The van der Waals surface area contributed by atoms with Crippen molar-refractivity contribution in [1.82, 2.24) is 4.98 Å². The van der Waals surface area contributed by atoms with E-state index in [4.69, 9.17) is 0 Å². The summed E-state index contributed by atoms with van der Waals surface area (Å²) < 4.78 is 9.51. The molecular formula is C8H11Cl3NO3P. The fraction of sp³-hybridized carbons (Fsp3) is 0.375. The Morgan fingerprint density at radius 2 is 1.88 bits per heavy atom. The highest BCUT2D eigenvalue weighted by Crippen LogP contribution is 2.61. The molecule has 1 aromatic heterocycles. The zero-order valence-corrected chi connectivity index (χ0v) is 11.8. The first kappa shape index (κ1) is 15.9. The second kappa shape index (κ2) is 6.55. The van der Waals surface area contributed by atoms with Crippen molar-refractivity contribution in [3.63, 3.8) is 0 Å². The van der Waals surface area contributed by atoms with Crippen molar-refractivity contribution < 1.29 is 9.67 Å². The highest BCUT2D eigenvalue weighted by Gasteiger charge is 2.03. The third kappa shape index (κ3) is 7.18. The van der Waals surface area contributed by atoms with Crippen LogP contribution in [0.15, 0.2) is 10.9 Å². The van der Waals surface area contributed by atoms with Gasteiger partial charge in [-0.25, -0.2) is 0 Å². The third-order valence-corrected chi connectivity index (χ3v) is 1.69. The minimum Gasteiger partial charge on any atom is -0.507 e. The topological polar surface area (TPSA) is 70.2 Å². The molecule has 0 atom stereocenters. The van der Waals surface area contributed by atoms with Crippen molar-refractivity contribution in [3.8, 4) is 5.75 Å². The molecule has 0 fully saturated rings. The Balaban J connectivity index is 0.000000385. The summed E-state index contributed by atoms with van der Waals surface area (Å²) in [5, 5.41) is 6.03. The first-order chi connectivity index (χ1) is 7.15. The number of hydrogen-bond donors (Lipinski definition) is 2. The Kier molecular flexibility index (Phi) is 6.49. The first-order valence-corrected chi connectivity index (χ1v) is 8.68. The predicted octanol–water partition coefficient (Wildman–Crippen LogP) is 3.76. The molecule has 0 radical (unpaired) electrons. The van der Waals surface area contributed by atoms with Gasteiger partial charge in [-0.2, -0.15) is 0 Å². The van der Waals surface area contributed by atoms with Gasteiger partial charge < -0.3 is 10.1 Å². The molecule has 2 N–H and O–H groups in total. The second-order valence-corrected chi connectivity index (χ2v) is 9.51. The quantitative estimate of drug-likeness (QED) is 0.776. The Morgan fingerprint density at radius 3 is 2.19 bits per heavy atom. The van der Waals surface area contributed by atoms with Crippen LogP contribution in [-0.2, 0) is 11.0 Å². The van der Waals surface area contributed by atoms with E-state index in [0.29, 0.717) is 0 Å². The molecular weight excluding hydrogens is 295 g/mol. The van der Waals surface area contributed by atoms with Gasteiger partial charge in [0.1, 0.15) is 5.75 Å². The summed E-state index contributed by atoms with van der Waals surface area (Å²) in [6, 6.07) is 1.20. The molecule has 0 aliphatic heterocycles. The number of rotatable bonds is 1. The van der Waals surface area contributed by atoms with E-state index in [-0.39, 0.29) is 11.3 Å². The number of aryl methyl sites for hydroxylation is 1. The fourth-order valence-electron chi connectivity index (χ4n) is 1.15. The lowest BCUT2D eigenvalue weighted by atomic mass is 10.1. The van der Waals surface area contributed by atoms with Crippen LogP contribution in [0.2, 0.25) is 0 Å². The lowest BCUT2D eigenvalue weighted by Crippen LogP contribution is -2.07. The number of nitrogens with one attached hydrogen (secondary N) is 1. The Hall–Kier alpha value is -0.150. The van der Waals surface area contributed by atoms with Gasteiger partial charge in [-0.1, -0.05) is 6.92 Å². The van der Waals surface area contributed by atoms with Crippen LogP contribution >= 0.6 is 38.9 Å². The molecule has 0 aliphatic rings. The summed E-state index contributed by atoms with van der Waals surface area (Å²) in [5.41, 5.74) is 1.30. The highest BCUT2D eigenvalue weighted by atomic mass is 36.0. The van der Waals surface area contributed by atoms with E-state index < -0.39 is 5.20 Å². The van der Waals surface area contributed by atoms with Crippen LogP contribution in [0.5, 0.6) is 5.75 Å². The standard InChI is InChI=1S/C8H11NO2.Cl3OP/c1-3-6-5(2)9-8(11)4-7(6)10;1-5(2,3)4/h4H,3H2,1-2H3,(H2,9,10,11);. The normalized spacial score (nSPS) is 10.6. The van der Waals surface area contributed by atoms with E-state index in [0.717, 1.165) is 17.7 Å². The average Bonchev–Trinajstić information content (AvgIpc) is 1.99. The van der Waals surface area contributed by atoms with Crippen LogP contribution in [0.1, 0.15) is 18.2 Å². The lowest BCUT2D eigenvalue weighted by molar-refractivity contribution is 0.466. The second-order valence-electron chi connectivity index (χ2n) is 2.87. The molecule has 0 saturated heterocycles. The number of aromatic nitrogens is 1. The molecule has 0 bridgehead atoms. The first-order valence-electron chi connectivity index (χ1n) is 4.26. The summed E-state index contributed by atoms with van der Waals surface area (Å²) in [6.07, 6.45) is 0.731. The zero-order chi connectivity index (χ0) is 12.9. The smallest absolute Gasteiger partial charge is 0.339 e. The van der Waals surface area contributed by atoms with Crippen molar-refractivity contribution in [1.29, 1.82) is 0 Å². The van der Waals surface area contributed by atoms with Gasteiger partial charge >= 0.3 is 5.20 Å². The van der Waals surface area contributed by atoms with Gasteiger partial charge in [-0.15, -0.1) is 0 Å². The predicted molar refractivity (Wildman–Crippen MR) is 68.0 cm³/mol. The molecule has 0 spiro atoms. The Labute approximate surface area is 107 Å². The SMILES string of the molecule is CCc1c(O)cc(=O)[nH]c1C.O=P(Cl)(Cl)Cl. The van der Waals surface area contributed by atoms with Crippen LogP contribution in [0.25, 0.3) is 0 Å². The lowest BCUT2D eigenvalue weighted by Gasteiger charge is -2.03. The molecule has 16 heavy (non-hydrogen) atoms. The van der Waals surface area contributed by atoms with Gasteiger partial charge in [0, 0.05) is 17.3 Å². The van der Waals surface area contributed by atoms with E-state index in [1.165, 1.54) is 6.07 Å². The van der Waals surface area contributed by atoms with Crippen LogP contribution in [0.4, 0.5) is 0 Å². The summed E-state index contributed by atoms with van der Waals surface area (Å²) in [5.74, 6) is 0.0914. The van der Waals surface area contributed by atoms with Crippen LogP contribution in [0.3, 0.4) is 0 Å². The van der Waals surface area contributed by atoms with Crippen LogP contribution in [0, 0.1) is 6.92 Å². The number of H-pyrrole nitrogens is 1. The molecule has 0 amide bonds. The van der Waals surface area contributed by atoms with E-state index in [1.54, 1.807) is 6.92 Å². The summed E-state index contributed by atoms with van der Waals surface area (Å²) >= 11 is 13.8. The monoisotopic (exact) mass is 305 g/mol. The molecule has 4 nitrogen and oxygen atoms in total. The van der Waals surface area contributed by atoms with Gasteiger partial charge in [0.25, 0.3) is 5.56 Å². The third-order valence-electron chi connectivity index (χ3n) is 1.69. The number of aromatic hydroxyl groups is 1. The van der Waals surface area contributed by atoms with E-state index in [2.05, 4.69) is 38.7 Å². The Bertz CT molecular complexity index is 420. The molecule has 0 unspecified atom stereocenters. The van der Waals surface area contributed by atoms with E-state index in [1.807, 2.05) is 6.92 Å². The summed E-state index contributed by atoms with van der Waals surface area (Å²) in [7, 11) is 0. The fourth-order valence-corrected chi connectivity index (χ4v) is 1.15. The summed E-state index contributed by atoms with van der Waals surface area (Å²) in [4.78, 5) is 13.4. The van der Waals surface area contributed by atoms with Crippen LogP contribution in [-0.4, -0.2) is 10.1 Å². The molecule has 0 aromatic carbocycles. The minimum atomic E-state index is -3.22. The number of halogens is 3. The maximum Gasteiger partial charge on any atom is 0.339 e. The van der Waals surface area contributed by atoms with Crippen molar-refractivity contribution >= 4 is 38.9 Å². The molecule has 1 aromatic rings. The molecule has 1 rings (SSSR count). The molecule has 0 aliphatic carbocycles. The highest BCUT2D eigenvalue weighted by molar-refractivity contribution is 8.24. The molecule has 0 saturated carbocycles. The molecule has 8 heteroatoms. The van der Waals surface area contributed by atoms with Crippen molar-refractivity contribution in [2.24, 2.45) is 0 Å². The Morgan fingerprint density at radius 1 is 1.44 bits per heavy atom. The number of pyridine rings is 1.